The molecule has 1 fully saturated rings. The van der Waals surface area contributed by atoms with Gasteiger partial charge in [0.15, 0.2) is 5.69 Å². The molecule has 5 rings (SSSR count). The van der Waals surface area contributed by atoms with Gasteiger partial charge in [-0.2, -0.15) is 0 Å². The molecule has 4 aromatic rings. The quantitative estimate of drug-likeness (QED) is 0.489. The van der Waals surface area contributed by atoms with Crippen LogP contribution in [0.4, 0.5) is 5.69 Å². The highest BCUT2D eigenvalue weighted by Crippen LogP contribution is 2.43. The van der Waals surface area contributed by atoms with Crippen LogP contribution in [0.2, 0.25) is 5.02 Å². The van der Waals surface area contributed by atoms with Crippen LogP contribution in [0.15, 0.2) is 71.7 Å². The first kappa shape index (κ1) is 17.7. The van der Waals surface area contributed by atoms with E-state index in [2.05, 4.69) is 15.3 Å². The minimum atomic E-state index is -0.302. The number of rotatable bonds is 5. The van der Waals surface area contributed by atoms with Crippen LogP contribution in [0.1, 0.15) is 35.0 Å². The van der Waals surface area contributed by atoms with E-state index in [0.29, 0.717) is 28.1 Å². The lowest BCUT2D eigenvalue weighted by molar-refractivity contribution is 0.102. The topological polar surface area (TPSA) is 73.0 Å². The summed E-state index contributed by atoms with van der Waals surface area (Å²) in [7, 11) is 0. The van der Waals surface area contributed by atoms with Gasteiger partial charge in [0.05, 0.1) is 17.0 Å². The van der Waals surface area contributed by atoms with Crippen molar-refractivity contribution in [3.05, 3.63) is 83.7 Å². The Balaban J connectivity index is 1.42. The minimum Gasteiger partial charge on any atom is -0.440 e. The van der Waals surface area contributed by atoms with Crippen LogP contribution in [-0.4, -0.2) is 20.4 Å². The van der Waals surface area contributed by atoms with Crippen LogP contribution < -0.4 is 5.32 Å². The van der Waals surface area contributed by atoms with Crippen LogP contribution in [0.5, 0.6) is 0 Å². The van der Waals surface area contributed by atoms with E-state index < -0.39 is 0 Å². The molecule has 0 bridgehead atoms. The Labute approximate surface area is 172 Å². The Morgan fingerprint density at radius 3 is 2.69 bits per heavy atom. The average molecular weight is 405 g/mol. The van der Waals surface area contributed by atoms with Crippen LogP contribution in [-0.2, 0) is 0 Å². The zero-order valence-electron chi connectivity index (χ0n) is 15.4. The first-order chi connectivity index (χ1) is 14.2. The van der Waals surface area contributed by atoms with Crippen molar-refractivity contribution in [2.24, 2.45) is 0 Å². The summed E-state index contributed by atoms with van der Waals surface area (Å²) < 4.78 is 7.78. The second-order valence-corrected chi connectivity index (χ2v) is 7.37. The van der Waals surface area contributed by atoms with Crippen molar-refractivity contribution in [1.82, 2.24) is 14.5 Å². The predicted molar refractivity (Wildman–Crippen MR) is 110 cm³/mol. The van der Waals surface area contributed by atoms with Crippen molar-refractivity contribution in [3.8, 4) is 17.1 Å². The number of carbonyl (C=O) groups excluding carboxylic acids is 1. The summed E-state index contributed by atoms with van der Waals surface area (Å²) in [5, 5.41) is 3.40. The Hall–Kier alpha value is -3.38. The Morgan fingerprint density at radius 2 is 2.00 bits per heavy atom. The third-order valence-electron chi connectivity index (χ3n) is 4.83. The largest absolute Gasteiger partial charge is 0.440 e. The number of aromatic nitrogens is 3. The van der Waals surface area contributed by atoms with Gasteiger partial charge in [0.2, 0.25) is 5.89 Å². The maximum atomic E-state index is 12.9. The van der Waals surface area contributed by atoms with E-state index in [1.165, 1.54) is 0 Å². The monoisotopic (exact) mass is 404 g/mol. The van der Waals surface area contributed by atoms with Gasteiger partial charge in [-0.15, -0.1) is 0 Å². The van der Waals surface area contributed by atoms with Crippen LogP contribution in [0, 0.1) is 0 Å². The average Bonchev–Trinajstić information content (AvgIpc) is 3.25. The molecule has 1 amide bonds. The highest BCUT2D eigenvalue weighted by atomic mass is 35.5. The zero-order chi connectivity index (χ0) is 19.8. The number of nitrogens with zero attached hydrogens (tertiary/aromatic N) is 3. The normalized spacial score (nSPS) is 13.4. The summed E-state index contributed by atoms with van der Waals surface area (Å²) in [5.41, 5.74) is 2.56. The highest BCUT2D eigenvalue weighted by molar-refractivity contribution is 6.32. The van der Waals surface area contributed by atoms with Crippen molar-refractivity contribution in [2.45, 2.75) is 18.8 Å². The molecule has 0 radical (unpaired) electrons. The van der Waals surface area contributed by atoms with Gasteiger partial charge in [0, 0.05) is 29.6 Å². The smallest absolute Gasteiger partial charge is 0.277 e. The molecule has 29 heavy (non-hydrogen) atoms. The van der Waals surface area contributed by atoms with Crippen LogP contribution in [0.3, 0.4) is 0 Å². The number of halogens is 1. The van der Waals surface area contributed by atoms with Crippen LogP contribution >= 0.6 is 11.6 Å². The third-order valence-corrected chi connectivity index (χ3v) is 5.13. The number of imidazole rings is 1. The first-order valence-electron chi connectivity index (χ1n) is 9.34. The third kappa shape index (κ3) is 3.54. The molecule has 1 aliphatic rings. The summed E-state index contributed by atoms with van der Waals surface area (Å²) in [5.74, 6) is 1.07. The van der Waals surface area contributed by atoms with Gasteiger partial charge >= 0.3 is 0 Å². The fourth-order valence-corrected chi connectivity index (χ4v) is 3.49. The molecule has 0 spiro atoms. The Kier molecular flexibility index (Phi) is 4.41. The van der Waals surface area contributed by atoms with E-state index in [0.717, 1.165) is 24.1 Å². The fraction of sp³-hybridized carbons (Fsp3) is 0.136. The number of benzene rings is 2. The lowest BCUT2D eigenvalue weighted by Crippen LogP contribution is -2.14. The minimum absolute atomic E-state index is 0.257. The molecule has 7 heteroatoms. The van der Waals surface area contributed by atoms with Crippen LogP contribution in [0.25, 0.3) is 17.1 Å². The number of oxazole rings is 1. The van der Waals surface area contributed by atoms with Gasteiger partial charge in [-0.25, -0.2) is 9.97 Å². The molecule has 1 N–H and O–H groups in total. The van der Waals surface area contributed by atoms with E-state index >= 15 is 0 Å². The molecular weight excluding hydrogens is 388 g/mol. The number of hydrogen-bond acceptors (Lipinski definition) is 4. The number of hydrogen-bond donors (Lipinski definition) is 1. The number of carbonyl (C=O) groups is 1. The summed E-state index contributed by atoms with van der Waals surface area (Å²) in [4.78, 5) is 21.5. The van der Waals surface area contributed by atoms with E-state index in [-0.39, 0.29) is 11.8 Å². The summed E-state index contributed by atoms with van der Waals surface area (Å²) >= 11 is 6.39. The van der Waals surface area contributed by atoms with Crippen molar-refractivity contribution in [3.63, 3.8) is 0 Å². The van der Waals surface area contributed by atoms with Crippen molar-refractivity contribution >= 4 is 23.2 Å². The summed E-state index contributed by atoms with van der Waals surface area (Å²) in [6, 6.07) is 14.9. The lowest BCUT2D eigenvalue weighted by atomic mass is 10.2. The molecule has 2 heterocycles. The van der Waals surface area contributed by atoms with E-state index in [1.54, 1.807) is 24.7 Å². The van der Waals surface area contributed by atoms with Gasteiger partial charge in [0.1, 0.15) is 5.76 Å². The van der Waals surface area contributed by atoms with E-state index in [9.17, 15) is 4.79 Å². The van der Waals surface area contributed by atoms with Gasteiger partial charge in [-0.3, -0.25) is 4.79 Å². The number of nitrogens with one attached hydrogen (secondary N) is 1. The zero-order valence-corrected chi connectivity index (χ0v) is 16.1. The molecule has 1 aliphatic carbocycles. The summed E-state index contributed by atoms with van der Waals surface area (Å²) in [6.07, 6.45) is 7.17. The van der Waals surface area contributed by atoms with Gasteiger partial charge in [0.25, 0.3) is 5.91 Å². The molecule has 0 unspecified atom stereocenters. The van der Waals surface area contributed by atoms with E-state index in [4.69, 9.17) is 16.0 Å². The van der Waals surface area contributed by atoms with Gasteiger partial charge in [-0.1, -0.05) is 29.8 Å². The molecule has 0 aliphatic heterocycles. The van der Waals surface area contributed by atoms with E-state index in [1.807, 2.05) is 47.2 Å². The lowest BCUT2D eigenvalue weighted by Gasteiger charge is -2.09. The molecule has 2 aromatic heterocycles. The Bertz CT molecular complexity index is 1170. The number of amides is 1. The number of anilines is 1. The first-order valence-corrected chi connectivity index (χ1v) is 9.72. The SMILES string of the molecule is O=C(Nc1ccc(-n2ccnc2)c(Cl)c1)c1nc(-c2ccccc2)oc1C1CC1. The second kappa shape index (κ2) is 7.22. The fourth-order valence-electron chi connectivity index (χ4n) is 3.21. The van der Waals surface area contributed by atoms with Gasteiger partial charge in [-0.05, 0) is 43.2 Å². The maximum absolute atomic E-state index is 12.9. The summed E-state index contributed by atoms with van der Waals surface area (Å²) in [6.45, 7) is 0. The molecule has 2 aromatic carbocycles. The van der Waals surface area contributed by atoms with Crippen molar-refractivity contribution in [1.29, 1.82) is 0 Å². The standard InChI is InChI=1S/C22H17ClN4O2/c23-17-12-16(8-9-18(17)27-11-10-24-13-27)25-21(28)19-20(14-6-7-14)29-22(26-19)15-4-2-1-3-5-15/h1-5,8-14H,6-7H2,(H,25,28). The molecular formula is C22H17ClN4O2. The second-order valence-electron chi connectivity index (χ2n) is 6.96. The maximum Gasteiger partial charge on any atom is 0.277 e. The van der Waals surface area contributed by atoms with Gasteiger partial charge < -0.3 is 14.3 Å². The molecule has 6 nitrogen and oxygen atoms in total. The molecule has 144 valence electrons. The van der Waals surface area contributed by atoms with Crippen molar-refractivity contribution in [2.75, 3.05) is 5.32 Å². The van der Waals surface area contributed by atoms with Crippen molar-refractivity contribution < 1.29 is 9.21 Å². The Morgan fingerprint density at radius 1 is 1.17 bits per heavy atom. The predicted octanol–water partition coefficient (Wildman–Crippen LogP) is 5.31. The highest BCUT2D eigenvalue weighted by Gasteiger charge is 2.34. The molecule has 1 saturated carbocycles. The molecule has 0 atom stereocenters. The molecule has 0 saturated heterocycles.